The topological polar surface area (TPSA) is 73.2 Å². The molecule has 0 atom stereocenters. The number of ether oxygens (including phenoxy) is 1. The van der Waals surface area contributed by atoms with Gasteiger partial charge < -0.3 is 10.1 Å². The van der Waals surface area contributed by atoms with Crippen LogP contribution >= 0.6 is 11.3 Å². The zero-order valence-corrected chi connectivity index (χ0v) is 17.8. The van der Waals surface area contributed by atoms with E-state index in [9.17, 15) is 14.0 Å². The lowest BCUT2D eigenvalue weighted by Crippen LogP contribution is -2.25. The highest BCUT2D eigenvalue weighted by atomic mass is 32.1. The lowest BCUT2D eigenvalue weighted by atomic mass is 10.2. The first kappa shape index (κ1) is 21.5. The summed E-state index contributed by atoms with van der Waals surface area (Å²) in [4.78, 5) is 25.8. The number of halogens is 1. The van der Waals surface area contributed by atoms with Gasteiger partial charge in [-0.05, 0) is 59.8 Å². The molecular formula is C24H20FN3O3S. The zero-order chi connectivity index (χ0) is 22.3. The summed E-state index contributed by atoms with van der Waals surface area (Å²) in [5, 5.41) is 9.12. The van der Waals surface area contributed by atoms with E-state index in [1.807, 2.05) is 17.5 Å². The number of hydrogen-bond acceptors (Lipinski definition) is 5. The van der Waals surface area contributed by atoms with Crippen LogP contribution in [-0.2, 0) is 13.0 Å². The Balaban J connectivity index is 1.41. The van der Waals surface area contributed by atoms with E-state index in [0.717, 1.165) is 6.42 Å². The third kappa shape index (κ3) is 5.47. The predicted molar refractivity (Wildman–Crippen MR) is 121 cm³/mol. The number of amides is 1. The maximum Gasteiger partial charge on any atom is 0.271 e. The Morgan fingerprint density at radius 1 is 1.06 bits per heavy atom. The van der Waals surface area contributed by atoms with Gasteiger partial charge in [0.1, 0.15) is 12.4 Å². The van der Waals surface area contributed by atoms with Gasteiger partial charge in [-0.1, -0.05) is 18.2 Å². The quantitative estimate of drug-likeness (QED) is 0.442. The van der Waals surface area contributed by atoms with Crippen molar-refractivity contribution in [2.45, 2.75) is 13.0 Å². The minimum atomic E-state index is -0.348. The van der Waals surface area contributed by atoms with Gasteiger partial charge >= 0.3 is 0 Å². The van der Waals surface area contributed by atoms with Gasteiger partial charge in [-0.2, -0.15) is 4.68 Å². The molecule has 162 valence electrons. The number of carbonyl (C=O) groups excluding carboxylic acids is 1. The normalized spacial score (nSPS) is 10.7. The largest absolute Gasteiger partial charge is 0.472 e. The molecule has 0 spiro atoms. The first-order chi connectivity index (χ1) is 15.6. The van der Waals surface area contributed by atoms with E-state index in [0.29, 0.717) is 23.4 Å². The molecule has 32 heavy (non-hydrogen) atoms. The van der Waals surface area contributed by atoms with Gasteiger partial charge in [0.25, 0.3) is 11.5 Å². The SMILES string of the molecule is O=C(NCCc1cccs1)c1ccc(-n2nc(OCc3cccc(F)c3)ccc2=O)cc1. The van der Waals surface area contributed by atoms with Crippen molar-refractivity contribution in [1.29, 1.82) is 0 Å². The summed E-state index contributed by atoms with van der Waals surface area (Å²) in [6.45, 7) is 0.667. The molecule has 8 heteroatoms. The second-order valence-electron chi connectivity index (χ2n) is 6.97. The number of nitrogens with zero attached hydrogens (tertiary/aromatic N) is 2. The number of benzene rings is 2. The van der Waals surface area contributed by atoms with Crippen molar-refractivity contribution in [2.24, 2.45) is 0 Å². The highest BCUT2D eigenvalue weighted by Crippen LogP contribution is 2.12. The molecule has 0 aliphatic carbocycles. The number of thiophene rings is 1. The van der Waals surface area contributed by atoms with Crippen LogP contribution in [0.25, 0.3) is 5.69 Å². The number of carbonyl (C=O) groups is 1. The first-order valence-corrected chi connectivity index (χ1v) is 10.8. The Bertz CT molecular complexity index is 1250. The van der Waals surface area contributed by atoms with E-state index in [1.165, 1.54) is 33.8 Å². The Morgan fingerprint density at radius 3 is 2.66 bits per heavy atom. The van der Waals surface area contributed by atoms with E-state index >= 15 is 0 Å². The Morgan fingerprint density at radius 2 is 1.91 bits per heavy atom. The summed E-state index contributed by atoms with van der Waals surface area (Å²) in [6.07, 6.45) is 0.781. The molecule has 0 aliphatic rings. The molecule has 1 amide bonds. The van der Waals surface area contributed by atoms with Crippen LogP contribution in [0.1, 0.15) is 20.8 Å². The van der Waals surface area contributed by atoms with Crippen molar-refractivity contribution < 1.29 is 13.9 Å². The van der Waals surface area contributed by atoms with Crippen LogP contribution in [0.15, 0.2) is 83.0 Å². The van der Waals surface area contributed by atoms with Gasteiger partial charge in [-0.25, -0.2) is 4.39 Å². The molecule has 4 rings (SSSR count). The Kier molecular flexibility index (Phi) is 6.72. The first-order valence-electron chi connectivity index (χ1n) is 9.97. The Hall–Kier alpha value is -3.78. The van der Waals surface area contributed by atoms with Crippen molar-refractivity contribution >= 4 is 17.2 Å². The number of rotatable bonds is 8. The van der Waals surface area contributed by atoms with Crippen LogP contribution in [0.2, 0.25) is 0 Å². The van der Waals surface area contributed by atoms with Crippen LogP contribution in [0, 0.1) is 5.82 Å². The van der Waals surface area contributed by atoms with Gasteiger partial charge in [0, 0.05) is 29.1 Å². The van der Waals surface area contributed by atoms with Gasteiger partial charge in [0.2, 0.25) is 5.88 Å². The standard InChI is InChI=1S/C24H20FN3O3S/c25-19-4-1-3-17(15-19)16-31-22-10-11-23(29)28(27-22)20-8-6-18(7-9-20)24(30)26-13-12-21-5-2-14-32-21/h1-11,14-15H,12-13,16H2,(H,26,30). The van der Waals surface area contributed by atoms with E-state index < -0.39 is 0 Å². The van der Waals surface area contributed by atoms with Crippen molar-refractivity contribution in [1.82, 2.24) is 15.1 Å². The lowest BCUT2D eigenvalue weighted by molar-refractivity contribution is 0.0954. The molecule has 6 nitrogen and oxygen atoms in total. The molecule has 0 aliphatic heterocycles. The summed E-state index contributed by atoms with van der Waals surface area (Å²) in [5.74, 6) is -0.301. The summed E-state index contributed by atoms with van der Waals surface area (Å²) in [6, 6.07) is 19.5. The molecule has 0 radical (unpaired) electrons. The van der Waals surface area contributed by atoms with Crippen LogP contribution in [0.3, 0.4) is 0 Å². The highest BCUT2D eigenvalue weighted by Gasteiger charge is 2.09. The summed E-state index contributed by atoms with van der Waals surface area (Å²) < 4.78 is 20.1. The van der Waals surface area contributed by atoms with Crippen molar-refractivity contribution in [3.8, 4) is 11.6 Å². The summed E-state index contributed by atoms with van der Waals surface area (Å²) >= 11 is 1.66. The van der Waals surface area contributed by atoms with Crippen LogP contribution in [0.5, 0.6) is 5.88 Å². The smallest absolute Gasteiger partial charge is 0.271 e. The second-order valence-corrected chi connectivity index (χ2v) is 8.00. The molecule has 0 unspecified atom stereocenters. The third-order valence-electron chi connectivity index (χ3n) is 4.66. The number of aromatic nitrogens is 2. The number of hydrogen-bond donors (Lipinski definition) is 1. The monoisotopic (exact) mass is 449 g/mol. The fourth-order valence-corrected chi connectivity index (χ4v) is 3.76. The fraction of sp³-hybridized carbons (Fsp3) is 0.125. The van der Waals surface area contributed by atoms with Gasteiger partial charge in [-0.15, -0.1) is 16.4 Å². The van der Waals surface area contributed by atoms with Crippen LogP contribution < -0.4 is 15.6 Å². The fourth-order valence-electron chi connectivity index (χ4n) is 3.05. The van der Waals surface area contributed by atoms with Crippen LogP contribution in [0.4, 0.5) is 4.39 Å². The molecule has 2 aromatic heterocycles. The molecular weight excluding hydrogens is 429 g/mol. The maximum atomic E-state index is 13.3. The lowest BCUT2D eigenvalue weighted by Gasteiger charge is -2.10. The second kappa shape index (κ2) is 10.0. The van der Waals surface area contributed by atoms with Crippen molar-refractivity contribution in [2.75, 3.05) is 6.54 Å². The molecule has 0 saturated heterocycles. The molecule has 2 aromatic carbocycles. The minimum absolute atomic E-state index is 0.119. The van der Waals surface area contributed by atoms with Crippen molar-refractivity contribution in [3.63, 3.8) is 0 Å². The zero-order valence-electron chi connectivity index (χ0n) is 17.0. The molecule has 1 N–H and O–H groups in total. The summed E-state index contributed by atoms with van der Waals surface area (Å²) in [7, 11) is 0. The minimum Gasteiger partial charge on any atom is -0.472 e. The number of nitrogens with one attached hydrogen (secondary N) is 1. The van der Waals surface area contributed by atoms with E-state index in [4.69, 9.17) is 4.74 Å². The summed E-state index contributed by atoms with van der Waals surface area (Å²) in [5.41, 5.74) is 1.31. The van der Waals surface area contributed by atoms with E-state index in [1.54, 1.807) is 47.7 Å². The van der Waals surface area contributed by atoms with Crippen LogP contribution in [-0.4, -0.2) is 22.2 Å². The highest BCUT2D eigenvalue weighted by molar-refractivity contribution is 7.09. The Labute approximate surface area is 187 Å². The molecule has 4 aromatic rings. The average Bonchev–Trinajstić information content (AvgIpc) is 3.32. The molecule has 0 saturated carbocycles. The predicted octanol–water partition coefficient (Wildman–Crippen LogP) is 3.98. The third-order valence-corrected chi connectivity index (χ3v) is 5.60. The van der Waals surface area contributed by atoms with Gasteiger partial charge in [0.15, 0.2) is 0 Å². The van der Waals surface area contributed by atoms with E-state index in [-0.39, 0.29) is 29.8 Å². The van der Waals surface area contributed by atoms with Gasteiger partial charge in [0.05, 0.1) is 5.69 Å². The maximum absolute atomic E-state index is 13.3. The van der Waals surface area contributed by atoms with Gasteiger partial charge in [-0.3, -0.25) is 9.59 Å². The average molecular weight is 450 g/mol. The molecule has 0 bridgehead atoms. The molecule has 0 fully saturated rings. The van der Waals surface area contributed by atoms with E-state index in [2.05, 4.69) is 10.4 Å². The molecule has 2 heterocycles. The van der Waals surface area contributed by atoms with Crippen molar-refractivity contribution in [3.05, 3.63) is 110 Å².